The summed E-state index contributed by atoms with van der Waals surface area (Å²) in [5.74, 6) is 1.66. The van der Waals surface area contributed by atoms with E-state index in [1.807, 2.05) is 42.2 Å². The average Bonchev–Trinajstić information content (AvgIpc) is 2.78. The molecule has 0 unspecified atom stereocenters. The Morgan fingerprint density at radius 1 is 1.17 bits per heavy atom. The van der Waals surface area contributed by atoms with E-state index in [9.17, 15) is 4.39 Å². The van der Waals surface area contributed by atoms with Crippen LogP contribution in [0, 0.1) is 5.82 Å². The summed E-state index contributed by atoms with van der Waals surface area (Å²) >= 11 is 0. The van der Waals surface area contributed by atoms with Crippen molar-refractivity contribution in [2.24, 2.45) is 4.99 Å². The number of morpholine rings is 1. The Labute approximate surface area is 176 Å². The highest BCUT2D eigenvalue weighted by Crippen LogP contribution is 2.30. The molecule has 0 saturated carbocycles. The Hall–Kier alpha value is -3.00. The molecule has 8 heteroatoms. The molecule has 0 radical (unpaired) electrons. The zero-order valence-corrected chi connectivity index (χ0v) is 17.7. The molecule has 0 spiro atoms. The van der Waals surface area contributed by atoms with Crippen molar-refractivity contribution in [3.63, 3.8) is 0 Å². The van der Waals surface area contributed by atoms with Gasteiger partial charge in [-0.15, -0.1) is 0 Å². The minimum absolute atomic E-state index is 0.226. The third-order valence-electron chi connectivity index (χ3n) is 4.77. The molecular weight excluding hydrogens is 387 g/mol. The number of hydrogen-bond donors (Lipinski definition) is 2. The smallest absolute Gasteiger partial charge is 0.195 e. The number of anilines is 2. The van der Waals surface area contributed by atoms with Gasteiger partial charge < -0.3 is 29.7 Å². The number of benzene rings is 2. The summed E-state index contributed by atoms with van der Waals surface area (Å²) < 4.78 is 30.8. The second kappa shape index (κ2) is 10.7. The van der Waals surface area contributed by atoms with Crippen molar-refractivity contribution < 1.29 is 18.6 Å². The van der Waals surface area contributed by atoms with Gasteiger partial charge in [0.2, 0.25) is 0 Å². The molecule has 0 bridgehead atoms. The largest absolute Gasteiger partial charge is 0.493 e. The standard InChI is InChI=1S/C22H29FN4O3/c1-4-30-20-8-6-17(14-21(20)28-3)26-22(24-2)25-15-16-5-7-19(18(23)13-16)27-9-11-29-12-10-27/h5-8,13-14H,4,9-12,15H2,1-3H3,(H2,24,25,26). The third-order valence-corrected chi connectivity index (χ3v) is 4.77. The summed E-state index contributed by atoms with van der Waals surface area (Å²) in [4.78, 5) is 6.24. The van der Waals surface area contributed by atoms with E-state index in [4.69, 9.17) is 14.2 Å². The van der Waals surface area contributed by atoms with E-state index in [1.165, 1.54) is 0 Å². The maximum absolute atomic E-state index is 14.6. The molecule has 1 aliphatic rings. The zero-order chi connectivity index (χ0) is 21.3. The molecule has 3 rings (SSSR count). The van der Waals surface area contributed by atoms with E-state index in [1.54, 1.807) is 20.2 Å². The Morgan fingerprint density at radius 2 is 1.97 bits per heavy atom. The number of aliphatic imine (C=N–C) groups is 1. The van der Waals surface area contributed by atoms with Crippen molar-refractivity contribution in [2.75, 3.05) is 57.3 Å². The first-order valence-electron chi connectivity index (χ1n) is 10.0. The second-order valence-corrected chi connectivity index (χ2v) is 6.73. The summed E-state index contributed by atoms with van der Waals surface area (Å²) in [5.41, 5.74) is 2.25. The van der Waals surface area contributed by atoms with Gasteiger partial charge in [-0.1, -0.05) is 6.07 Å². The Bertz CT molecular complexity index is 869. The predicted molar refractivity (Wildman–Crippen MR) is 117 cm³/mol. The molecule has 1 saturated heterocycles. The van der Waals surface area contributed by atoms with Crippen molar-refractivity contribution >= 4 is 17.3 Å². The molecule has 0 aliphatic carbocycles. The van der Waals surface area contributed by atoms with Gasteiger partial charge in [0.1, 0.15) is 5.82 Å². The van der Waals surface area contributed by atoms with Gasteiger partial charge in [0, 0.05) is 38.4 Å². The Balaban J connectivity index is 1.61. The van der Waals surface area contributed by atoms with Crippen LogP contribution in [0.5, 0.6) is 11.5 Å². The maximum atomic E-state index is 14.6. The van der Waals surface area contributed by atoms with Gasteiger partial charge in [0.25, 0.3) is 0 Å². The van der Waals surface area contributed by atoms with E-state index < -0.39 is 0 Å². The molecule has 1 heterocycles. The highest BCUT2D eigenvalue weighted by Gasteiger charge is 2.15. The summed E-state index contributed by atoms with van der Waals surface area (Å²) in [7, 11) is 3.28. The van der Waals surface area contributed by atoms with Gasteiger partial charge in [-0.3, -0.25) is 4.99 Å². The summed E-state index contributed by atoms with van der Waals surface area (Å²) in [5, 5.41) is 6.41. The monoisotopic (exact) mass is 416 g/mol. The second-order valence-electron chi connectivity index (χ2n) is 6.73. The van der Waals surface area contributed by atoms with Crippen LogP contribution < -0.4 is 25.0 Å². The van der Waals surface area contributed by atoms with Gasteiger partial charge in [-0.2, -0.15) is 0 Å². The third kappa shape index (κ3) is 5.54. The first-order chi connectivity index (χ1) is 14.6. The number of ether oxygens (including phenoxy) is 3. The fourth-order valence-electron chi connectivity index (χ4n) is 3.24. The fourth-order valence-corrected chi connectivity index (χ4v) is 3.24. The number of nitrogens with one attached hydrogen (secondary N) is 2. The van der Waals surface area contributed by atoms with Crippen LogP contribution in [-0.2, 0) is 11.3 Å². The average molecular weight is 416 g/mol. The first-order valence-corrected chi connectivity index (χ1v) is 10.0. The molecule has 1 aliphatic heterocycles. The lowest BCUT2D eigenvalue weighted by molar-refractivity contribution is 0.122. The molecule has 2 aromatic carbocycles. The SMILES string of the molecule is CCOc1ccc(NC(=NC)NCc2ccc(N3CCOCC3)c(F)c2)cc1OC. The van der Waals surface area contributed by atoms with Crippen LogP contribution in [0.1, 0.15) is 12.5 Å². The maximum Gasteiger partial charge on any atom is 0.195 e. The first kappa shape index (κ1) is 21.7. The number of hydrogen-bond acceptors (Lipinski definition) is 5. The Morgan fingerprint density at radius 3 is 2.63 bits per heavy atom. The molecule has 0 amide bonds. The number of guanidine groups is 1. The highest BCUT2D eigenvalue weighted by atomic mass is 19.1. The van der Waals surface area contributed by atoms with Crippen LogP contribution in [0.3, 0.4) is 0 Å². The van der Waals surface area contributed by atoms with E-state index in [-0.39, 0.29) is 5.82 Å². The highest BCUT2D eigenvalue weighted by molar-refractivity contribution is 5.93. The fraction of sp³-hybridized carbons (Fsp3) is 0.409. The van der Waals surface area contributed by atoms with Gasteiger partial charge >= 0.3 is 0 Å². The van der Waals surface area contributed by atoms with Crippen LogP contribution in [-0.4, -0.2) is 53.0 Å². The van der Waals surface area contributed by atoms with Crippen molar-refractivity contribution in [1.82, 2.24) is 5.32 Å². The number of halogens is 1. The lowest BCUT2D eigenvalue weighted by Gasteiger charge is -2.29. The van der Waals surface area contributed by atoms with Crippen LogP contribution in [0.2, 0.25) is 0 Å². The quantitative estimate of drug-likeness (QED) is 0.534. The summed E-state index contributed by atoms with van der Waals surface area (Å²) in [6.45, 7) is 5.59. The molecule has 0 atom stereocenters. The lowest BCUT2D eigenvalue weighted by atomic mass is 10.1. The molecule has 0 aromatic heterocycles. The van der Waals surface area contributed by atoms with Crippen molar-refractivity contribution in [2.45, 2.75) is 13.5 Å². The van der Waals surface area contributed by atoms with Gasteiger partial charge in [0.15, 0.2) is 17.5 Å². The van der Waals surface area contributed by atoms with Crippen LogP contribution in [0.25, 0.3) is 0 Å². The normalized spacial score (nSPS) is 14.4. The molecule has 162 valence electrons. The van der Waals surface area contributed by atoms with Gasteiger partial charge in [-0.05, 0) is 36.8 Å². The minimum atomic E-state index is -0.226. The zero-order valence-electron chi connectivity index (χ0n) is 17.7. The van der Waals surface area contributed by atoms with E-state index in [0.717, 1.165) is 11.3 Å². The number of methoxy groups -OCH3 is 1. The number of rotatable bonds is 7. The lowest BCUT2D eigenvalue weighted by Crippen LogP contribution is -2.36. The summed E-state index contributed by atoms with van der Waals surface area (Å²) in [6.07, 6.45) is 0. The van der Waals surface area contributed by atoms with Crippen LogP contribution in [0.15, 0.2) is 41.4 Å². The van der Waals surface area contributed by atoms with E-state index >= 15 is 0 Å². The predicted octanol–water partition coefficient (Wildman–Crippen LogP) is 3.26. The van der Waals surface area contributed by atoms with Crippen LogP contribution >= 0.6 is 0 Å². The van der Waals surface area contributed by atoms with E-state index in [0.29, 0.717) is 62.6 Å². The topological polar surface area (TPSA) is 67.4 Å². The Kier molecular flexibility index (Phi) is 7.73. The van der Waals surface area contributed by atoms with E-state index in [2.05, 4.69) is 15.6 Å². The molecule has 1 fully saturated rings. The molecule has 2 N–H and O–H groups in total. The minimum Gasteiger partial charge on any atom is -0.493 e. The molecular formula is C22H29FN4O3. The summed E-state index contributed by atoms with van der Waals surface area (Å²) in [6, 6.07) is 10.9. The van der Waals surface area contributed by atoms with Gasteiger partial charge in [0.05, 0.1) is 32.6 Å². The molecule has 30 heavy (non-hydrogen) atoms. The number of nitrogens with zero attached hydrogens (tertiary/aromatic N) is 2. The van der Waals surface area contributed by atoms with Crippen molar-refractivity contribution in [1.29, 1.82) is 0 Å². The molecule has 7 nitrogen and oxygen atoms in total. The molecule has 2 aromatic rings. The van der Waals surface area contributed by atoms with Gasteiger partial charge in [-0.25, -0.2) is 4.39 Å². The van der Waals surface area contributed by atoms with Crippen molar-refractivity contribution in [3.8, 4) is 11.5 Å². The van der Waals surface area contributed by atoms with Crippen molar-refractivity contribution in [3.05, 3.63) is 47.8 Å². The van der Waals surface area contributed by atoms with Crippen LogP contribution in [0.4, 0.5) is 15.8 Å².